The maximum atomic E-state index is 12.2. The molecule has 0 aliphatic rings. The Balaban J connectivity index is 3.34. The number of aliphatic hydroxyl groups is 1. The molecule has 0 fully saturated rings. The Morgan fingerprint density at radius 1 is 0.431 bits per heavy atom. The minimum atomic E-state index is -0.409. The Labute approximate surface area is 320 Å². The first-order chi connectivity index (χ1) is 25.1. The fraction of sp³-hybridized carbons (Fsp3) is 0.915. The molecule has 0 aromatic rings. The van der Waals surface area contributed by atoms with Gasteiger partial charge in [0.05, 0.1) is 6.10 Å². The third-order valence-electron chi connectivity index (χ3n) is 10.8. The normalized spacial score (nSPS) is 12.2. The van der Waals surface area contributed by atoms with Gasteiger partial charge in [-0.15, -0.1) is 0 Å². The lowest BCUT2D eigenvalue weighted by atomic mass is 10.0. The average Bonchev–Trinajstić information content (AvgIpc) is 3.13. The van der Waals surface area contributed by atoms with Gasteiger partial charge in [-0.05, 0) is 51.4 Å². The van der Waals surface area contributed by atoms with Gasteiger partial charge < -0.3 is 10.4 Å². The zero-order valence-corrected chi connectivity index (χ0v) is 34.8. The zero-order valence-electron chi connectivity index (χ0n) is 34.8. The molecule has 302 valence electrons. The molecule has 0 aromatic heterocycles. The number of allylic oxidation sites excluding steroid dienone is 2. The predicted octanol–water partition coefficient (Wildman–Crippen LogP) is 14.8. The smallest absolute Gasteiger partial charge is 0.220 e. The maximum Gasteiger partial charge on any atom is 0.220 e. The Bertz CT molecular complexity index is 735. The highest BCUT2D eigenvalue weighted by Crippen LogP contribution is 2.16. The number of aliphatic hydroxyl groups excluding tert-OH is 1. The molecular weight excluding hydrogens is 627 g/mol. The van der Waals surface area contributed by atoms with Gasteiger partial charge in [0.2, 0.25) is 5.91 Å². The minimum Gasteiger partial charge on any atom is -0.391 e. The standard InChI is InChI=1S/C47H91NO3/c1-3-5-7-9-11-13-15-17-19-21-22-24-28-32-36-40-45(49)41-37-33-29-26-27-31-35-39-43-47(51)48-44-46(50)42-38-34-30-25-23-20-18-16-14-12-10-8-6-4-2/h17,19,46,50H,3-16,18,20-44H2,1-2H3,(H,48,51)/b19-17-/t46-/m1/s1. The first-order valence-corrected chi connectivity index (χ1v) is 23.2. The monoisotopic (exact) mass is 718 g/mol. The number of carbonyl (C=O) groups excluding carboxylic acids is 2. The molecular formula is C47H91NO3. The van der Waals surface area contributed by atoms with Crippen LogP contribution in [0.1, 0.15) is 264 Å². The van der Waals surface area contributed by atoms with Crippen LogP contribution in [0.2, 0.25) is 0 Å². The van der Waals surface area contributed by atoms with Crippen LogP contribution >= 0.6 is 0 Å². The first-order valence-electron chi connectivity index (χ1n) is 23.2. The highest BCUT2D eigenvalue weighted by Gasteiger charge is 2.07. The van der Waals surface area contributed by atoms with Crippen molar-refractivity contribution >= 4 is 11.7 Å². The Hall–Kier alpha value is -1.16. The third kappa shape index (κ3) is 43.1. The molecule has 2 N–H and O–H groups in total. The Morgan fingerprint density at radius 3 is 1.14 bits per heavy atom. The largest absolute Gasteiger partial charge is 0.391 e. The highest BCUT2D eigenvalue weighted by molar-refractivity contribution is 5.78. The van der Waals surface area contributed by atoms with Crippen molar-refractivity contribution in [3.05, 3.63) is 12.2 Å². The van der Waals surface area contributed by atoms with Gasteiger partial charge >= 0.3 is 0 Å². The molecule has 0 rings (SSSR count). The predicted molar refractivity (Wildman–Crippen MR) is 225 cm³/mol. The number of hydrogen-bond donors (Lipinski definition) is 2. The van der Waals surface area contributed by atoms with Crippen molar-refractivity contribution in [2.24, 2.45) is 0 Å². The number of ketones is 1. The van der Waals surface area contributed by atoms with E-state index in [0.717, 1.165) is 51.4 Å². The van der Waals surface area contributed by atoms with Crippen LogP contribution in [0.5, 0.6) is 0 Å². The van der Waals surface area contributed by atoms with Gasteiger partial charge in [0.1, 0.15) is 5.78 Å². The summed E-state index contributed by atoms with van der Waals surface area (Å²) >= 11 is 0. The molecule has 0 unspecified atom stereocenters. The van der Waals surface area contributed by atoms with E-state index >= 15 is 0 Å². The molecule has 0 aliphatic heterocycles. The lowest BCUT2D eigenvalue weighted by Gasteiger charge is -2.12. The quantitative estimate of drug-likeness (QED) is 0.0487. The molecule has 0 radical (unpaired) electrons. The van der Waals surface area contributed by atoms with Crippen LogP contribution in [0.15, 0.2) is 12.2 Å². The molecule has 0 saturated carbocycles. The lowest BCUT2D eigenvalue weighted by molar-refractivity contribution is -0.121. The molecule has 0 aromatic carbocycles. The van der Waals surface area contributed by atoms with Crippen LogP contribution in [0, 0.1) is 0 Å². The molecule has 0 heterocycles. The summed E-state index contributed by atoms with van der Waals surface area (Å²) in [6.45, 7) is 4.96. The Morgan fingerprint density at radius 2 is 0.745 bits per heavy atom. The average molecular weight is 718 g/mol. The number of nitrogens with one attached hydrogen (secondary N) is 1. The topological polar surface area (TPSA) is 66.4 Å². The minimum absolute atomic E-state index is 0.0847. The molecule has 0 aliphatic carbocycles. The van der Waals surface area contributed by atoms with Gasteiger partial charge in [0.25, 0.3) is 0 Å². The molecule has 51 heavy (non-hydrogen) atoms. The molecule has 4 nitrogen and oxygen atoms in total. The first kappa shape index (κ1) is 49.8. The van der Waals surface area contributed by atoms with Crippen LogP contribution in [0.3, 0.4) is 0 Å². The van der Waals surface area contributed by atoms with Crippen molar-refractivity contribution in [3.63, 3.8) is 0 Å². The van der Waals surface area contributed by atoms with Crippen molar-refractivity contribution in [2.75, 3.05) is 6.54 Å². The van der Waals surface area contributed by atoms with Crippen LogP contribution < -0.4 is 5.32 Å². The molecule has 0 bridgehead atoms. The van der Waals surface area contributed by atoms with E-state index in [1.165, 1.54) is 193 Å². The second kappa shape index (κ2) is 43.2. The van der Waals surface area contributed by atoms with E-state index in [4.69, 9.17) is 0 Å². The summed E-state index contributed by atoms with van der Waals surface area (Å²) in [6.07, 6.45) is 52.1. The van der Waals surface area contributed by atoms with E-state index < -0.39 is 6.10 Å². The second-order valence-corrected chi connectivity index (χ2v) is 16.0. The number of Topliss-reactive ketones (excluding diaryl/α,β-unsaturated/α-hetero) is 1. The van der Waals surface area contributed by atoms with Gasteiger partial charge in [-0.25, -0.2) is 0 Å². The van der Waals surface area contributed by atoms with E-state index in [2.05, 4.69) is 31.3 Å². The zero-order chi connectivity index (χ0) is 37.1. The van der Waals surface area contributed by atoms with Gasteiger partial charge in [0, 0.05) is 25.8 Å². The second-order valence-electron chi connectivity index (χ2n) is 16.0. The summed E-state index contributed by atoms with van der Waals surface area (Å²) in [5.74, 6) is 0.551. The maximum absolute atomic E-state index is 12.2. The van der Waals surface area contributed by atoms with Crippen molar-refractivity contribution in [3.8, 4) is 0 Å². The van der Waals surface area contributed by atoms with Crippen molar-refractivity contribution in [2.45, 2.75) is 270 Å². The van der Waals surface area contributed by atoms with Crippen molar-refractivity contribution < 1.29 is 14.7 Å². The molecule has 4 heteroatoms. The fourth-order valence-corrected chi connectivity index (χ4v) is 7.18. The Kier molecular flexibility index (Phi) is 42.3. The van der Waals surface area contributed by atoms with Crippen LogP contribution in [-0.2, 0) is 9.59 Å². The molecule has 0 spiro atoms. The van der Waals surface area contributed by atoms with Gasteiger partial charge in [0.15, 0.2) is 0 Å². The SMILES string of the molecule is CCCCCCCC/C=C\CCCCCCCC(=O)CCCCCCCCCCC(=O)NC[C@H](O)CCCCCCCCCCCCCCCC. The molecule has 0 saturated heterocycles. The van der Waals surface area contributed by atoms with Crippen molar-refractivity contribution in [1.29, 1.82) is 0 Å². The summed E-state index contributed by atoms with van der Waals surface area (Å²) < 4.78 is 0. The van der Waals surface area contributed by atoms with E-state index in [9.17, 15) is 14.7 Å². The van der Waals surface area contributed by atoms with Crippen LogP contribution in [0.4, 0.5) is 0 Å². The van der Waals surface area contributed by atoms with Crippen LogP contribution in [0.25, 0.3) is 0 Å². The van der Waals surface area contributed by atoms with Crippen LogP contribution in [-0.4, -0.2) is 29.4 Å². The lowest BCUT2D eigenvalue weighted by Crippen LogP contribution is -2.31. The van der Waals surface area contributed by atoms with Crippen molar-refractivity contribution in [1.82, 2.24) is 5.32 Å². The fourth-order valence-electron chi connectivity index (χ4n) is 7.18. The summed E-state index contributed by atoms with van der Waals surface area (Å²) in [5.41, 5.74) is 0. The van der Waals surface area contributed by atoms with Gasteiger partial charge in [-0.2, -0.15) is 0 Å². The molecule has 1 amide bonds. The van der Waals surface area contributed by atoms with Gasteiger partial charge in [-0.3, -0.25) is 9.59 Å². The van der Waals surface area contributed by atoms with E-state index in [0.29, 0.717) is 18.7 Å². The van der Waals surface area contributed by atoms with E-state index in [1.807, 2.05) is 0 Å². The van der Waals surface area contributed by atoms with E-state index in [1.54, 1.807) is 0 Å². The van der Waals surface area contributed by atoms with Gasteiger partial charge in [-0.1, -0.05) is 206 Å². The highest BCUT2D eigenvalue weighted by atomic mass is 16.3. The summed E-state index contributed by atoms with van der Waals surface area (Å²) in [6, 6.07) is 0. The summed E-state index contributed by atoms with van der Waals surface area (Å²) in [7, 11) is 0. The number of rotatable bonds is 43. The van der Waals surface area contributed by atoms with E-state index in [-0.39, 0.29) is 5.91 Å². The summed E-state index contributed by atoms with van der Waals surface area (Å²) in [4.78, 5) is 24.4. The number of amides is 1. The summed E-state index contributed by atoms with van der Waals surface area (Å²) in [5, 5.41) is 13.2. The third-order valence-corrected chi connectivity index (χ3v) is 10.8. The number of carbonyl (C=O) groups is 2. The number of unbranched alkanes of at least 4 members (excludes halogenated alkanes) is 31. The molecule has 1 atom stereocenters. The number of hydrogen-bond acceptors (Lipinski definition) is 3.